The molecule has 7 rings (SSSR count). The number of allylic oxidation sites excluding steroid dienone is 1. The molecular formula is C37H40F3N2O6+. The van der Waals surface area contributed by atoms with Crippen molar-refractivity contribution in [1.29, 1.82) is 0 Å². The molecule has 2 aliphatic heterocycles. The van der Waals surface area contributed by atoms with E-state index in [0.29, 0.717) is 12.0 Å². The highest BCUT2D eigenvalue weighted by Gasteiger charge is 2.70. The quantitative estimate of drug-likeness (QED) is 0.126. The van der Waals surface area contributed by atoms with Crippen molar-refractivity contribution in [3.05, 3.63) is 101 Å². The Kier molecular flexibility index (Phi) is 8.08. The Morgan fingerprint density at radius 1 is 1.08 bits per heavy atom. The van der Waals surface area contributed by atoms with Gasteiger partial charge in [-0.25, -0.2) is 0 Å². The second-order valence-electron chi connectivity index (χ2n) is 14.0. The number of hydrogen-bond acceptors (Lipinski definition) is 6. The van der Waals surface area contributed by atoms with E-state index in [1.807, 2.05) is 12.1 Å². The molecule has 3 aliphatic carbocycles. The maximum Gasteiger partial charge on any atom is 0.573 e. The first-order valence-corrected chi connectivity index (χ1v) is 16.6. The fraction of sp³-hybridized carbons (Fsp3) is 0.459. The first-order chi connectivity index (χ1) is 22.8. The minimum atomic E-state index is -5.30. The van der Waals surface area contributed by atoms with Gasteiger partial charge in [0, 0.05) is 43.1 Å². The van der Waals surface area contributed by atoms with E-state index >= 15 is 0 Å². The molecule has 1 spiro atoms. The van der Waals surface area contributed by atoms with E-state index < -0.39 is 41.6 Å². The summed E-state index contributed by atoms with van der Waals surface area (Å²) in [6.07, 6.45) is 2.12. The lowest BCUT2D eigenvalue weighted by Crippen LogP contribution is -2.69. The van der Waals surface area contributed by atoms with Crippen molar-refractivity contribution in [2.45, 2.75) is 75.8 Å². The molecule has 1 amide bonds. The third-order valence-corrected chi connectivity index (χ3v) is 11.3. The number of aliphatic hydroxyl groups is 1. The van der Waals surface area contributed by atoms with Crippen molar-refractivity contribution in [2.24, 2.45) is 11.3 Å². The molecule has 1 saturated carbocycles. The number of carbonyl (C=O) groups excluding carboxylic acids is 2. The van der Waals surface area contributed by atoms with Crippen molar-refractivity contribution in [2.75, 3.05) is 20.1 Å². The number of benzene rings is 2. The highest BCUT2D eigenvalue weighted by atomic mass is 19.4. The normalized spacial score (nSPS) is 33.8. The van der Waals surface area contributed by atoms with Gasteiger partial charge in [-0.05, 0) is 35.6 Å². The Balaban J connectivity index is 1.22. The molecule has 2 saturated heterocycles. The Morgan fingerprint density at radius 2 is 1.79 bits per heavy atom. The number of amides is 1. The van der Waals surface area contributed by atoms with Crippen LogP contribution in [0.25, 0.3) is 5.76 Å². The Hall–Kier alpha value is -3.93. The number of carbonyl (C=O) groups is 2. The predicted molar refractivity (Wildman–Crippen MR) is 169 cm³/mol. The first-order valence-electron chi connectivity index (χ1n) is 16.6. The van der Waals surface area contributed by atoms with Crippen LogP contribution in [0.15, 0.2) is 89.7 Å². The highest BCUT2D eigenvalue weighted by molar-refractivity contribution is 5.99. The lowest BCUT2D eigenvalue weighted by molar-refractivity contribution is -0.945. The molecule has 2 heterocycles. The van der Waals surface area contributed by atoms with Crippen molar-refractivity contribution in [3.63, 3.8) is 0 Å². The fourth-order valence-corrected chi connectivity index (χ4v) is 9.27. The zero-order valence-electron chi connectivity index (χ0n) is 27.0. The van der Waals surface area contributed by atoms with Crippen LogP contribution < -0.4 is 5.32 Å². The van der Waals surface area contributed by atoms with Crippen LogP contribution in [-0.2, 0) is 30.2 Å². The fourth-order valence-electron chi connectivity index (χ4n) is 9.27. The number of nitrogens with one attached hydrogen (secondary N) is 1. The van der Waals surface area contributed by atoms with Gasteiger partial charge in [-0.3, -0.25) is 9.59 Å². The molecule has 3 unspecified atom stereocenters. The van der Waals surface area contributed by atoms with Crippen molar-refractivity contribution < 1.29 is 46.6 Å². The molecule has 8 nitrogen and oxygen atoms in total. The summed E-state index contributed by atoms with van der Waals surface area (Å²) in [5, 5.41) is 14.5. The third-order valence-electron chi connectivity index (χ3n) is 11.3. The first kappa shape index (κ1) is 32.6. The van der Waals surface area contributed by atoms with Gasteiger partial charge < -0.3 is 29.1 Å². The van der Waals surface area contributed by atoms with E-state index in [1.54, 1.807) is 6.07 Å². The smallest absolute Gasteiger partial charge is 0.422 e. The predicted octanol–water partition coefficient (Wildman–Crippen LogP) is 5.55. The van der Waals surface area contributed by atoms with E-state index in [-0.39, 0.29) is 17.1 Å². The average Bonchev–Trinajstić information content (AvgIpc) is 3.41. The van der Waals surface area contributed by atoms with Gasteiger partial charge in [0.15, 0.2) is 11.5 Å². The van der Waals surface area contributed by atoms with E-state index in [2.05, 4.69) is 41.4 Å². The molecule has 3 fully saturated rings. The summed E-state index contributed by atoms with van der Waals surface area (Å²) in [5.74, 6) is -4.07. The monoisotopic (exact) mass is 665 g/mol. The average molecular weight is 666 g/mol. The maximum atomic E-state index is 13.8. The third kappa shape index (κ3) is 5.55. The highest BCUT2D eigenvalue weighted by Crippen LogP contribution is 2.66. The standard InChI is InChI=1S/C37H39F3N2O6/c1-23(43)46-31(25-12-7-4-8-13-25)32(48-37(38,39)40)34(44)41-36(45)18-16-26-22-28-27-14-9-15-29-35(27,30(26)33(36)47-29)19-21-42(28,2)20-17-24-10-5-3-6-11-24/h3-8,10-13,16,18,27-29,33,45H,9,14-15,17,19-22H2,1-2H3/p+1/t27-,28+,29-,33?,35+,36?,42?/m0/s1. The van der Waals surface area contributed by atoms with Crippen LogP contribution in [0.5, 0.6) is 0 Å². The number of halogens is 3. The summed E-state index contributed by atoms with van der Waals surface area (Å²) in [7, 11) is 2.36. The summed E-state index contributed by atoms with van der Waals surface area (Å²) < 4.78 is 58.2. The summed E-state index contributed by atoms with van der Waals surface area (Å²) in [5.41, 5.74) is 0.837. The van der Waals surface area contributed by atoms with Crippen LogP contribution in [0.3, 0.4) is 0 Å². The van der Waals surface area contributed by atoms with Crippen molar-refractivity contribution in [1.82, 2.24) is 5.32 Å². The molecule has 0 radical (unpaired) electrons. The Labute approximate surface area is 277 Å². The number of rotatable bonds is 8. The molecule has 2 aromatic rings. The van der Waals surface area contributed by atoms with E-state index in [9.17, 15) is 27.9 Å². The maximum absolute atomic E-state index is 13.8. The van der Waals surface area contributed by atoms with Crippen LogP contribution in [0.1, 0.15) is 50.2 Å². The number of alkyl halides is 3. The minimum absolute atomic E-state index is 0.0112. The minimum Gasteiger partial charge on any atom is -0.422 e. The number of likely N-dealkylation sites (tertiary alicyclic amines) is 1. The van der Waals surface area contributed by atoms with Gasteiger partial charge in [-0.15, -0.1) is 13.2 Å². The Morgan fingerprint density at radius 3 is 2.48 bits per heavy atom. The zero-order chi connectivity index (χ0) is 33.9. The van der Waals surface area contributed by atoms with Crippen LogP contribution in [0.4, 0.5) is 13.2 Å². The van der Waals surface area contributed by atoms with Crippen molar-refractivity contribution in [3.8, 4) is 0 Å². The van der Waals surface area contributed by atoms with Gasteiger partial charge in [0.05, 0.1) is 32.3 Å². The molecule has 2 aromatic carbocycles. The molecule has 2 N–H and O–H groups in total. The van der Waals surface area contributed by atoms with E-state index in [0.717, 1.165) is 74.2 Å². The summed E-state index contributed by atoms with van der Waals surface area (Å²) >= 11 is 0. The molecule has 0 aromatic heterocycles. The summed E-state index contributed by atoms with van der Waals surface area (Å²) in [6, 6.07) is 18.3. The number of ether oxygens (including phenoxy) is 3. The molecule has 7 atom stereocenters. The molecule has 48 heavy (non-hydrogen) atoms. The molecule has 11 heteroatoms. The zero-order valence-corrected chi connectivity index (χ0v) is 27.0. The summed E-state index contributed by atoms with van der Waals surface area (Å²) in [6.45, 7) is 2.94. The number of hydrogen-bond donors (Lipinski definition) is 2. The largest absolute Gasteiger partial charge is 0.573 e. The second kappa shape index (κ2) is 11.9. The second-order valence-corrected chi connectivity index (χ2v) is 14.0. The van der Waals surface area contributed by atoms with E-state index in [1.165, 1.54) is 35.9 Å². The SMILES string of the molecule is CC(=O)OC(=C(OC(F)(F)F)C(=O)NC1(O)C=CC2=C3C1O[C@H]1CCC[C@H]4[C@@H](C2)[N+](C)(CCc2ccccc2)CC[C@]314)c1ccccc1. The van der Waals surface area contributed by atoms with Crippen LogP contribution >= 0.6 is 0 Å². The number of likely N-dealkylation sites (N-methyl/N-ethyl adjacent to an activating group) is 1. The lowest BCUT2D eigenvalue weighted by Gasteiger charge is -2.61. The summed E-state index contributed by atoms with van der Waals surface area (Å²) in [4.78, 5) is 25.8. The van der Waals surface area contributed by atoms with E-state index in [4.69, 9.17) is 9.47 Å². The lowest BCUT2D eigenvalue weighted by atomic mass is 9.50. The molecule has 2 bridgehead atoms. The van der Waals surface area contributed by atoms with Gasteiger partial charge in [0.25, 0.3) is 5.91 Å². The van der Waals surface area contributed by atoms with Crippen LogP contribution in [0, 0.1) is 11.3 Å². The number of piperidine rings is 1. The van der Waals surface area contributed by atoms with Gasteiger partial charge in [0.2, 0.25) is 5.76 Å². The van der Waals surface area contributed by atoms with Crippen molar-refractivity contribution >= 4 is 17.6 Å². The van der Waals surface area contributed by atoms with Crippen LogP contribution in [0.2, 0.25) is 0 Å². The number of quaternary nitrogens is 1. The Bertz CT molecular complexity index is 1690. The molecule has 5 aliphatic rings. The van der Waals surface area contributed by atoms with Gasteiger partial charge in [-0.2, -0.15) is 0 Å². The van der Waals surface area contributed by atoms with Crippen LogP contribution in [-0.4, -0.2) is 71.9 Å². The molecular weight excluding hydrogens is 625 g/mol. The van der Waals surface area contributed by atoms with Gasteiger partial charge in [0.1, 0.15) is 6.10 Å². The number of esters is 1. The number of nitrogens with zero attached hydrogens (tertiary/aromatic N) is 1. The topological polar surface area (TPSA) is 94.1 Å². The van der Waals surface area contributed by atoms with Gasteiger partial charge in [-0.1, -0.05) is 73.2 Å². The molecule has 254 valence electrons. The van der Waals surface area contributed by atoms with Gasteiger partial charge >= 0.3 is 12.3 Å².